The molecule has 1 fully saturated rings. The lowest BCUT2D eigenvalue weighted by Gasteiger charge is -2.33. The Morgan fingerprint density at radius 1 is 1.32 bits per heavy atom. The summed E-state index contributed by atoms with van der Waals surface area (Å²) in [6, 6.07) is 10.6. The highest BCUT2D eigenvalue weighted by Crippen LogP contribution is 2.27. The summed E-state index contributed by atoms with van der Waals surface area (Å²) in [6.45, 7) is 6.20. The number of nitrogens with zero attached hydrogens (tertiary/aromatic N) is 1. The zero-order chi connectivity index (χ0) is 13.7. The normalized spacial score (nSPS) is 19.7. The van der Waals surface area contributed by atoms with Gasteiger partial charge in [-0.05, 0) is 30.7 Å². The summed E-state index contributed by atoms with van der Waals surface area (Å²) in [7, 11) is 0. The number of hydrogen-bond acceptors (Lipinski definition) is 1. The molecule has 2 heteroatoms. The van der Waals surface area contributed by atoms with Crippen molar-refractivity contribution in [2.24, 2.45) is 5.92 Å². The molecule has 0 N–H and O–H groups in total. The van der Waals surface area contributed by atoms with Crippen LogP contribution in [0.1, 0.15) is 51.0 Å². The standard InChI is InChI=1S/C17H25NO/c1-14(2)10-11-17(19)18-12-6-9-16(13-18)15-7-4-3-5-8-15/h3-5,7-8,14,16H,6,9-13H2,1-2H3. The van der Waals surface area contributed by atoms with E-state index in [1.807, 2.05) is 0 Å². The third-order valence-corrected chi connectivity index (χ3v) is 3.98. The zero-order valence-corrected chi connectivity index (χ0v) is 12.1. The lowest BCUT2D eigenvalue weighted by molar-refractivity contribution is -0.132. The first kappa shape index (κ1) is 14.1. The highest BCUT2D eigenvalue weighted by atomic mass is 16.2. The van der Waals surface area contributed by atoms with Crippen molar-refractivity contribution in [3.8, 4) is 0 Å². The van der Waals surface area contributed by atoms with Gasteiger partial charge in [-0.25, -0.2) is 0 Å². The van der Waals surface area contributed by atoms with Crippen LogP contribution in [0.25, 0.3) is 0 Å². The lowest BCUT2D eigenvalue weighted by atomic mass is 9.90. The van der Waals surface area contributed by atoms with Crippen LogP contribution in [-0.4, -0.2) is 23.9 Å². The molecule has 1 aromatic rings. The number of hydrogen-bond donors (Lipinski definition) is 0. The Balaban J connectivity index is 1.92. The van der Waals surface area contributed by atoms with E-state index in [0.717, 1.165) is 25.9 Å². The second kappa shape index (κ2) is 6.74. The van der Waals surface area contributed by atoms with Crippen molar-refractivity contribution in [1.29, 1.82) is 0 Å². The van der Waals surface area contributed by atoms with Gasteiger partial charge in [0.25, 0.3) is 0 Å². The first-order valence-corrected chi connectivity index (χ1v) is 7.49. The number of benzene rings is 1. The molecule has 2 rings (SSSR count). The Labute approximate surface area is 116 Å². The highest BCUT2D eigenvalue weighted by Gasteiger charge is 2.24. The molecule has 0 radical (unpaired) electrons. The van der Waals surface area contributed by atoms with Gasteiger partial charge in [0.1, 0.15) is 0 Å². The van der Waals surface area contributed by atoms with Crippen LogP contribution in [0, 0.1) is 5.92 Å². The van der Waals surface area contributed by atoms with E-state index < -0.39 is 0 Å². The summed E-state index contributed by atoms with van der Waals surface area (Å²) in [5.41, 5.74) is 1.38. The van der Waals surface area contributed by atoms with E-state index >= 15 is 0 Å². The molecule has 0 spiro atoms. The van der Waals surface area contributed by atoms with Crippen LogP contribution in [0.15, 0.2) is 30.3 Å². The van der Waals surface area contributed by atoms with Crippen molar-refractivity contribution in [3.05, 3.63) is 35.9 Å². The van der Waals surface area contributed by atoms with Crippen LogP contribution in [0.4, 0.5) is 0 Å². The van der Waals surface area contributed by atoms with Gasteiger partial charge >= 0.3 is 0 Å². The van der Waals surface area contributed by atoms with Crippen LogP contribution in [0.3, 0.4) is 0 Å². The minimum absolute atomic E-state index is 0.342. The van der Waals surface area contributed by atoms with E-state index in [4.69, 9.17) is 0 Å². The molecule has 0 aromatic heterocycles. The second-order valence-electron chi connectivity index (χ2n) is 6.02. The van der Waals surface area contributed by atoms with E-state index in [9.17, 15) is 4.79 Å². The molecule has 19 heavy (non-hydrogen) atoms. The Bertz CT molecular complexity index is 399. The van der Waals surface area contributed by atoms with Crippen LogP contribution >= 0.6 is 0 Å². The summed E-state index contributed by atoms with van der Waals surface area (Å²) >= 11 is 0. The van der Waals surface area contributed by atoms with Crippen molar-refractivity contribution in [1.82, 2.24) is 4.90 Å². The number of rotatable bonds is 4. The number of carbonyl (C=O) groups excluding carboxylic acids is 1. The van der Waals surface area contributed by atoms with Gasteiger partial charge in [0.15, 0.2) is 0 Å². The van der Waals surface area contributed by atoms with Crippen molar-refractivity contribution in [3.63, 3.8) is 0 Å². The van der Waals surface area contributed by atoms with Crippen molar-refractivity contribution >= 4 is 5.91 Å². The quantitative estimate of drug-likeness (QED) is 0.804. The SMILES string of the molecule is CC(C)CCC(=O)N1CCCC(c2ccccc2)C1. The molecule has 0 aliphatic carbocycles. The maximum absolute atomic E-state index is 12.2. The maximum atomic E-state index is 12.2. The number of likely N-dealkylation sites (tertiary alicyclic amines) is 1. The predicted molar refractivity (Wildman–Crippen MR) is 79.1 cm³/mol. The minimum Gasteiger partial charge on any atom is -0.342 e. The summed E-state index contributed by atoms with van der Waals surface area (Å²) in [6.07, 6.45) is 4.05. The molecule has 0 bridgehead atoms. The molecule has 1 aliphatic heterocycles. The third kappa shape index (κ3) is 4.09. The molecule has 1 heterocycles. The smallest absolute Gasteiger partial charge is 0.222 e. The average molecular weight is 259 g/mol. The third-order valence-electron chi connectivity index (χ3n) is 3.98. The number of piperidine rings is 1. The Morgan fingerprint density at radius 3 is 2.74 bits per heavy atom. The number of amides is 1. The van der Waals surface area contributed by atoms with Gasteiger partial charge in [0, 0.05) is 25.4 Å². The Morgan fingerprint density at radius 2 is 2.05 bits per heavy atom. The largest absolute Gasteiger partial charge is 0.342 e. The summed E-state index contributed by atoms with van der Waals surface area (Å²) in [5.74, 6) is 1.48. The van der Waals surface area contributed by atoms with Gasteiger partial charge < -0.3 is 4.90 Å². The van der Waals surface area contributed by atoms with E-state index in [0.29, 0.717) is 24.2 Å². The Kier molecular flexibility index (Phi) is 5.00. The molecule has 1 saturated heterocycles. The fourth-order valence-electron chi connectivity index (χ4n) is 2.77. The first-order valence-electron chi connectivity index (χ1n) is 7.49. The van der Waals surface area contributed by atoms with E-state index in [1.165, 1.54) is 12.0 Å². The van der Waals surface area contributed by atoms with Gasteiger partial charge in [0.2, 0.25) is 5.91 Å². The zero-order valence-electron chi connectivity index (χ0n) is 12.1. The van der Waals surface area contributed by atoms with Crippen LogP contribution < -0.4 is 0 Å². The molecule has 1 atom stereocenters. The fraction of sp³-hybridized carbons (Fsp3) is 0.588. The topological polar surface area (TPSA) is 20.3 Å². The molecule has 1 aliphatic rings. The molecule has 1 amide bonds. The Hall–Kier alpha value is -1.31. The van der Waals surface area contributed by atoms with Gasteiger partial charge in [-0.2, -0.15) is 0 Å². The van der Waals surface area contributed by atoms with E-state index in [-0.39, 0.29) is 0 Å². The number of carbonyl (C=O) groups is 1. The molecule has 1 unspecified atom stereocenters. The van der Waals surface area contributed by atoms with E-state index in [2.05, 4.69) is 49.1 Å². The van der Waals surface area contributed by atoms with Crippen LogP contribution in [0.2, 0.25) is 0 Å². The minimum atomic E-state index is 0.342. The first-order chi connectivity index (χ1) is 9.16. The van der Waals surface area contributed by atoms with E-state index in [1.54, 1.807) is 0 Å². The molecule has 0 saturated carbocycles. The average Bonchev–Trinajstić information content (AvgIpc) is 2.46. The van der Waals surface area contributed by atoms with Crippen molar-refractivity contribution in [2.45, 2.75) is 45.4 Å². The summed E-state index contributed by atoms with van der Waals surface area (Å²) in [4.78, 5) is 14.3. The van der Waals surface area contributed by atoms with Crippen molar-refractivity contribution in [2.75, 3.05) is 13.1 Å². The van der Waals surface area contributed by atoms with Gasteiger partial charge in [0.05, 0.1) is 0 Å². The van der Waals surface area contributed by atoms with Gasteiger partial charge in [-0.1, -0.05) is 44.2 Å². The van der Waals surface area contributed by atoms with Gasteiger partial charge in [-0.15, -0.1) is 0 Å². The molecule has 1 aromatic carbocycles. The highest BCUT2D eigenvalue weighted by molar-refractivity contribution is 5.76. The van der Waals surface area contributed by atoms with Crippen molar-refractivity contribution < 1.29 is 4.79 Å². The van der Waals surface area contributed by atoms with Crippen LogP contribution in [0.5, 0.6) is 0 Å². The van der Waals surface area contributed by atoms with Crippen LogP contribution in [-0.2, 0) is 4.79 Å². The maximum Gasteiger partial charge on any atom is 0.222 e. The summed E-state index contributed by atoms with van der Waals surface area (Å²) < 4.78 is 0. The fourth-order valence-corrected chi connectivity index (χ4v) is 2.77. The lowest BCUT2D eigenvalue weighted by Crippen LogP contribution is -2.39. The summed E-state index contributed by atoms with van der Waals surface area (Å²) in [5, 5.41) is 0. The molecule has 104 valence electrons. The molecular formula is C17H25NO. The predicted octanol–water partition coefficient (Wildman–Crippen LogP) is 3.83. The van der Waals surface area contributed by atoms with Gasteiger partial charge in [-0.3, -0.25) is 4.79 Å². The second-order valence-corrected chi connectivity index (χ2v) is 6.02. The monoisotopic (exact) mass is 259 g/mol. The molecule has 2 nitrogen and oxygen atoms in total. The molecular weight excluding hydrogens is 234 g/mol.